The molecule has 26 heavy (non-hydrogen) atoms. The van der Waals surface area contributed by atoms with Gasteiger partial charge in [-0.3, -0.25) is 9.78 Å². The summed E-state index contributed by atoms with van der Waals surface area (Å²) in [5.74, 6) is -0.470. The summed E-state index contributed by atoms with van der Waals surface area (Å²) < 4.78 is 13.0. The zero-order valence-corrected chi connectivity index (χ0v) is 14.4. The SMILES string of the molecule is O=C(CN1CCN(Cc2ccc(F)cc2)C1=O)NCCc1ccncc1. The van der Waals surface area contributed by atoms with Gasteiger partial charge in [0.15, 0.2) is 0 Å². The minimum Gasteiger partial charge on any atom is -0.354 e. The summed E-state index contributed by atoms with van der Waals surface area (Å²) in [5, 5.41) is 2.84. The third-order valence-electron chi connectivity index (χ3n) is 4.29. The molecule has 1 aromatic heterocycles. The molecule has 0 atom stereocenters. The lowest BCUT2D eigenvalue weighted by molar-refractivity contribution is -0.121. The Morgan fingerprint density at radius 3 is 2.46 bits per heavy atom. The van der Waals surface area contributed by atoms with E-state index in [9.17, 15) is 14.0 Å². The second kappa shape index (κ2) is 8.42. The highest BCUT2D eigenvalue weighted by Crippen LogP contribution is 2.13. The molecule has 1 aromatic carbocycles. The van der Waals surface area contributed by atoms with Crippen LogP contribution in [-0.2, 0) is 17.8 Å². The number of aromatic nitrogens is 1. The molecule has 0 spiro atoms. The van der Waals surface area contributed by atoms with Gasteiger partial charge in [0.25, 0.3) is 0 Å². The summed E-state index contributed by atoms with van der Waals surface area (Å²) in [7, 11) is 0. The third kappa shape index (κ3) is 4.78. The minimum absolute atomic E-state index is 0.0507. The number of rotatable bonds is 7. The van der Waals surface area contributed by atoms with Crippen molar-refractivity contribution in [2.45, 2.75) is 13.0 Å². The summed E-state index contributed by atoms with van der Waals surface area (Å²) in [5.41, 5.74) is 1.96. The van der Waals surface area contributed by atoms with Crippen molar-refractivity contribution in [1.82, 2.24) is 20.1 Å². The molecule has 136 valence electrons. The van der Waals surface area contributed by atoms with E-state index in [4.69, 9.17) is 0 Å². The Bertz CT molecular complexity index is 752. The number of carbonyl (C=O) groups is 2. The second-order valence-electron chi connectivity index (χ2n) is 6.21. The first-order chi connectivity index (χ1) is 12.6. The molecule has 7 heteroatoms. The Balaban J connectivity index is 1.43. The summed E-state index contributed by atoms with van der Waals surface area (Å²) in [6.45, 7) is 2.05. The van der Waals surface area contributed by atoms with Crippen LogP contribution in [0, 0.1) is 5.82 Å². The molecule has 0 saturated carbocycles. The van der Waals surface area contributed by atoms with Gasteiger partial charge in [0.1, 0.15) is 12.4 Å². The van der Waals surface area contributed by atoms with Gasteiger partial charge in [-0.05, 0) is 41.8 Å². The van der Waals surface area contributed by atoms with Crippen molar-refractivity contribution in [3.63, 3.8) is 0 Å². The Morgan fingerprint density at radius 2 is 1.73 bits per heavy atom. The molecule has 3 amide bonds. The van der Waals surface area contributed by atoms with Gasteiger partial charge in [-0.2, -0.15) is 0 Å². The number of benzene rings is 1. The van der Waals surface area contributed by atoms with Crippen LogP contribution in [-0.4, -0.2) is 52.9 Å². The maximum atomic E-state index is 13.0. The first-order valence-corrected chi connectivity index (χ1v) is 8.56. The first-order valence-electron chi connectivity index (χ1n) is 8.56. The lowest BCUT2D eigenvalue weighted by atomic mass is 10.2. The lowest BCUT2D eigenvalue weighted by Gasteiger charge is -2.18. The van der Waals surface area contributed by atoms with E-state index >= 15 is 0 Å². The average molecular weight is 356 g/mol. The largest absolute Gasteiger partial charge is 0.354 e. The van der Waals surface area contributed by atoms with E-state index in [1.807, 2.05) is 12.1 Å². The van der Waals surface area contributed by atoms with E-state index in [2.05, 4.69) is 10.3 Å². The number of amides is 3. The Hall–Kier alpha value is -2.96. The number of nitrogens with one attached hydrogen (secondary N) is 1. The summed E-state index contributed by atoms with van der Waals surface area (Å²) in [6.07, 6.45) is 4.16. The number of urea groups is 1. The van der Waals surface area contributed by atoms with Crippen LogP contribution in [0.1, 0.15) is 11.1 Å². The maximum absolute atomic E-state index is 13.0. The van der Waals surface area contributed by atoms with Gasteiger partial charge in [-0.15, -0.1) is 0 Å². The van der Waals surface area contributed by atoms with E-state index in [1.54, 1.807) is 29.4 Å². The zero-order chi connectivity index (χ0) is 18.4. The van der Waals surface area contributed by atoms with Crippen LogP contribution in [0.3, 0.4) is 0 Å². The van der Waals surface area contributed by atoms with Crippen LogP contribution in [0.2, 0.25) is 0 Å². The predicted octanol–water partition coefficient (Wildman–Crippen LogP) is 1.82. The fraction of sp³-hybridized carbons (Fsp3) is 0.316. The van der Waals surface area contributed by atoms with Crippen molar-refractivity contribution in [3.05, 3.63) is 65.7 Å². The van der Waals surface area contributed by atoms with Gasteiger partial charge < -0.3 is 15.1 Å². The Labute approximate surface area is 151 Å². The third-order valence-corrected chi connectivity index (χ3v) is 4.29. The first kappa shape index (κ1) is 17.8. The number of halogens is 1. The van der Waals surface area contributed by atoms with Crippen LogP contribution >= 0.6 is 0 Å². The fourth-order valence-electron chi connectivity index (χ4n) is 2.86. The second-order valence-corrected chi connectivity index (χ2v) is 6.21. The number of nitrogens with zero attached hydrogens (tertiary/aromatic N) is 3. The van der Waals surface area contributed by atoms with Crippen molar-refractivity contribution >= 4 is 11.9 Å². The molecule has 1 aliphatic rings. The standard InChI is InChI=1S/C19H21FN4O2/c20-17-3-1-16(2-4-17)13-23-11-12-24(19(23)26)14-18(25)22-10-7-15-5-8-21-9-6-15/h1-6,8-9H,7,10-14H2,(H,22,25). The van der Waals surface area contributed by atoms with Crippen LogP contribution < -0.4 is 5.32 Å². The molecule has 0 unspecified atom stereocenters. The molecular formula is C19H21FN4O2. The highest BCUT2D eigenvalue weighted by Gasteiger charge is 2.29. The molecular weight excluding hydrogens is 335 g/mol. The van der Waals surface area contributed by atoms with Crippen LogP contribution in [0.5, 0.6) is 0 Å². The molecule has 1 N–H and O–H groups in total. The molecule has 2 heterocycles. The summed E-state index contributed by atoms with van der Waals surface area (Å²) in [4.78, 5) is 31.6. The molecule has 1 aliphatic heterocycles. The van der Waals surface area contributed by atoms with E-state index < -0.39 is 0 Å². The van der Waals surface area contributed by atoms with E-state index in [-0.39, 0.29) is 24.3 Å². The van der Waals surface area contributed by atoms with Gasteiger partial charge >= 0.3 is 6.03 Å². The molecule has 1 fully saturated rings. The smallest absolute Gasteiger partial charge is 0.320 e. The Kier molecular flexibility index (Phi) is 5.78. The molecule has 0 aliphatic carbocycles. The quantitative estimate of drug-likeness (QED) is 0.823. The van der Waals surface area contributed by atoms with Gasteiger partial charge in [0.2, 0.25) is 5.91 Å². The highest BCUT2D eigenvalue weighted by atomic mass is 19.1. The van der Waals surface area contributed by atoms with Crippen LogP contribution in [0.15, 0.2) is 48.8 Å². The zero-order valence-electron chi connectivity index (χ0n) is 14.4. The van der Waals surface area contributed by atoms with Crippen molar-refractivity contribution in [1.29, 1.82) is 0 Å². The molecule has 6 nitrogen and oxygen atoms in total. The molecule has 2 aromatic rings. The van der Waals surface area contributed by atoms with E-state index in [1.165, 1.54) is 17.0 Å². The number of hydrogen-bond acceptors (Lipinski definition) is 3. The van der Waals surface area contributed by atoms with Gasteiger partial charge in [-0.1, -0.05) is 12.1 Å². The lowest BCUT2D eigenvalue weighted by Crippen LogP contribution is -2.40. The molecule has 1 saturated heterocycles. The van der Waals surface area contributed by atoms with E-state index in [0.29, 0.717) is 26.2 Å². The van der Waals surface area contributed by atoms with Gasteiger partial charge in [0, 0.05) is 38.6 Å². The normalized spacial score (nSPS) is 14.0. The van der Waals surface area contributed by atoms with E-state index in [0.717, 1.165) is 17.5 Å². The average Bonchev–Trinajstić information content (AvgIpc) is 2.98. The van der Waals surface area contributed by atoms with Gasteiger partial charge in [-0.25, -0.2) is 9.18 Å². The van der Waals surface area contributed by atoms with Crippen LogP contribution in [0.4, 0.5) is 9.18 Å². The highest BCUT2D eigenvalue weighted by molar-refractivity contribution is 5.85. The van der Waals surface area contributed by atoms with Crippen LogP contribution in [0.25, 0.3) is 0 Å². The molecule has 0 radical (unpaired) electrons. The molecule has 3 rings (SSSR count). The van der Waals surface area contributed by atoms with Crippen molar-refractivity contribution < 1.29 is 14.0 Å². The van der Waals surface area contributed by atoms with Crippen molar-refractivity contribution in [2.75, 3.05) is 26.2 Å². The fourth-order valence-corrected chi connectivity index (χ4v) is 2.86. The minimum atomic E-state index is -0.299. The Morgan fingerprint density at radius 1 is 1.04 bits per heavy atom. The maximum Gasteiger partial charge on any atom is 0.320 e. The predicted molar refractivity (Wildman–Crippen MR) is 94.7 cm³/mol. The number of pyridine rings is 1. The topological polar surface area (TPSA) is 65.5 Å². The monoisotopic (exact) mass is 356 g/mol. The number of carbonyl (C=O) groups excluding carboxylic acids is 2. The number of hydrogen-bond donors (Lipinski definition) is 1. The van der Waals surface area contributed by atoms with Crippen molar-refractivity contribution in [3.8, 4) is 0 Å². The molecule has 0 bridgehead atoms. The summed E-state index contributed by atoms with van der Waals surface area (Å²) in [6, 6.07) is 9.73. The van der Waals surface area contributed by atoms with Crippen molar-refractivity contribution in [2.24, 2.45) is 0 Å². The summed E-state index contributed by atoms with van der Waals surface area (Å²) >= 11 is 0. The van der Waals surface area contributed by atoms with Gasteiger partial charge in [0.05, 0.1) is 0 Å².